The van der Waals surface area contributed by atoms with Gasteiger partial charge in [0.05, 0.1) is 5.92 Å². The lowest BCUT2D eigenvalue weighted by atomic mass is 9.95. The molecule has 2 atom stereocenters. The Hall–Kier alpha value is -1.10. The zero-order valence-corrected chi connectivity index (χ0v) is 13.3. The van der Waals surface area contributed by atoms with E-state index in [1.807, 2.05) is 23.6 Å². The van der Waals surface area contributed by atoms with Crippen molar-refractivity contribution in [2.75, 3.05) is 32.8 Å². The second-order valence-corrected chi connectivity index (χ2v) is 6.73. The van der Waals surface area contributed by atoms with Crippen LogP contribution in [-0.4, -0.2) is 59.5 Å². The first kappa shape index (κ1) is 16.3. The molecule has 2 saturated heterocycles. The molecule has 2 aliphatic heterocycles. The second kappa shape index (κ2) is 7.25. The van der Waals surface area contributed by atoms with Crippen LogP contribution in [0.3, 0.4) is 0 Å². The van der Waals surface area contributed by atoms with Crippen LogP contribution in [0.1, 0.15) is 39.5 Å². The van der Waals surface area contributed by atoms with E-state index in [9.17, 15) is 9.59 Å². The van der Waals surface area contributed by atoms with Gasteiger partial charge in [-0.2, -0.15) is 0 Å². The van der Waals surface area contributed by atoms with Gasteiger partial charge in [0.2, 0.25) is 11.8 Å². The first-order valence-corrected chi connectivity index (χ1v) is 8.21. The minimum absolute atomic E-state index is 0.000395. The number of carbonyl (C=O) groups excluding carboxylic acids is 2. The van der Waals surface area contributed by atoms with Gasteiger partial charge in [-0.05, 0) is 31.6 Å². The fraction of sp³-hybridized carbons (Fsp3) is 0.875. The second-order valence-electron chi connectivity index (χ2n) is 6.73. The van der Waals surface area contributed by atoms with Crippen molar-refractivity contribution in [2.45, 2.75) is 39.5 Å². The number of amides is 2. The van der Waals surface area contributed by atoms with Gasteiger partial charge in [0.1, 0.15) is 0 Å². The van der Waals surface area contributed by atoms with E-state index in [1.165, 1.54) is 0 Å². The van der Waals surface area contributed by atoms with E-state index in [2.05, 4.69) is 0 Å². The lowest BCUT2D eigenvalue weighted by Gasteiger charge is -2.35. The summed E-state index contributed by atoms with van der Waals surface area (Å²) < 4.78 is 0. The molecule has 2 heterocycles. The van der Waals surface area contributed by atoms with Gasteiger partial charge >= 0.3 is 0 Å². The van der Waals surface area contributed by atoms with Crippen LogP contribution >= 0.6 is 0 Å². The molecular weight excluding hydrogens is 268 g/mol. The maximum atomic E-state index is 12.6. The van der Waals surface area contributed by atoms with Crippen molar-refractivity contribution in [1.82, 2.24) is 9.80 Å². The number of aliphatic hydroxyl groups excluding tert-OH is 1. The first-order valence-electron chi connectivity index (χ1n) is 8.21. The number of hydrogen-bond donors (Lipinski definition) is 1. The Morgan fingerprint density at radius 1 is 1.14 bits per heavy atom. The van der Waals surface area contributed by atoms with Gasteiger partial charge in [-0.1, -0.05) is 13.8 Å². The molecule has 0 radical (unpaired) electrons. The van der Waals surface area contributed by atoms with Gasteiger partial charge in [-0.25, -0.2) is 0 Å². The topological polar surface area (TPSA) is 60.9 Å². The van der Waals surface area contributed by atoms with Crippen LogP contribution in [-0.2, 0) is 9.59 Å². The molecule has 5 nitrogen and oxygen atoms in total. The third-order valence-electron chi connectivity index (χ3n) is 4.71. The molecule has 2 fully saturated rings. The minimum Gasteiger partial charge on any atom is -0.396 e. The van der Waals surface area contributed by atoms with Crippen LogP contribution in [0.25, 0.3) is 0 Å². The SMILES string of the molecule is CC(C)C(=O)N1CCCC(C(=O)N2CCC(CCO)C2)C1. The molecule has 21 heavy (non-hydrogen) atoms. The molecule has 0 aromatic carbocycles. The Labute approximate surface area is 127 Å². The van der Waals surface area contributed by atoms with Crippen molar-refractivity contribution in [1.29, 1.82) is 0 Å². The molecule has 2 aliphatic rings. The van der Waals surface area contributed by atoms with Crippen molar-refractivity contribution in [3.8, 4) is 0 Å². The van der Waals surface area contributed by atoms with Crippen LogP contribution < -0.4 is 0 Å². The van der Waals surface area contributed by atoms with Crippen molar-refractivity contribution in [3.63, 3.8) is 0 Å². The average Bonchev–Trinajstić information content (AvgIpc) is 2.94. The summed E-state index contributed by atoms with van der Waals surface area (Å²) in [5.41, 5.74) is 0. The summed E-state index contributed by atoms with van der Waals surface area (Å²) in [5.74, 6) is 0.772. The molecule has 0 spiro atoms. The van der Waals surface area contributed by atoms with Crippen molar-refractivity contribution >= 4 is 11.8 Å². The summed E-state index contributed by atoms with van der Waals surface area (Å²) in [6.45, 7) is 6.96. The fourth-order valence-electron chi connectivity index (χ4n) is 3.45. The maximum absolute atomic E-state index is 12.6. The molecule has 0 aromatic heterocycles. The van der Waals surface area contributed by atoms with Crippen LogP contribution in [0.4, 0.5) is 0 Å². The molecule has 120 valence electrons. The summed E-state index contributed by atoms with van der Waals surface area (Å²) in [6, 6.07) is 0. The highest BCUT2D eigenvalue weighted by molar-refractivity contribution is 5.82. The van der Waals surface area contributed by atoms with Crippen molar-refractivity contribution in [2.24, 2.45) is 17.8 Å². The molecule has 0 aliphatic carbocycles. The van der Waals surface area contributed by atoms with Gasteiger partial charge in [-0.3, -0.25) is 9.59 Å². The quantitative estimate of drug-likeness (QED) is 0.845. The third kappa shape index (κ3) is 3.96. The number of nitrogens with zero attached hydrogens (tertiary/aromatic N) is 2. The van der Waals surface area contributed by atoms with Crippen LogP contribution in [0.15, 0.2) is 0 Å². The Balaban J connectivity index is 1.89. The van der Waals surface area contributed by atoms with Crippen LogP contribution in [0.2, 0.25) is 0 Å². The lowest BCUT2D eigenvalue weighted by Crippen LogP contribution is -2.47. The smallest absolute Gasteiger partial charge is 0.227 e. The van der Waals surface area contributed by atoms with E-state index in [0.29, 0.717) is 12.5 Å². The molecule has 5 heteroatoms. The Morgan fingerprint density at radius 2 is 1.90 bits per heavy atom. The predicted molar refractivity (Wildman–Crippen MR) is 80.5 cm³/mol. The van der Waals surface area contributed by atoms with Gasteiger partial charge in [0.15, 0.2) is 0 Å². The summed E-state index contributed by atoms with van der Waals surface area (Å²) in [7, 11) is 0. The van der Waals surface area contributed by atoms with Crippen molar-refractivity contribution in [3.05, 3.63) is 0 Å². The molecule has 0 bridgehead atoms. The fourth-order valence-corrected chi connectivity index (χ4v) is 3.45. The van der Waals surface area contributed by atoms with E-state index in [-0.39, 0.29) is 30.3 Å². The normalized spacial score (nSPS) is 26.5. The number of aliphatic hydroxyl groups is 1. The van der Waals surface area contributed by atoms with Crippen molar-refractivity contribution < 1.29 is 14.7 Å². The summed E-state index contributed by atoms with van der Waals surface area (Å²) in [5, 5.41) is 9.00. The minimum atomic E-state index is -0.0330. The standard InChI is InChI=1S/C16H28N2O3/c1-12(2)15(20)17-7-3-4-14(11-17)16(21)18-8-5-13(10-18)6-9-19/h12-14,19H,3-11H2,1-2H3. The molecule has 2 rings (SSSR count). The first-order chi connectivity index (χ1) is 10.0. The van der Waals surface area contributed by atoms with Gasteiger partial charge in [-0.15, -0.1) is 0 Å². The van der Waals surface area contributed by atoms with E-state index >= 15 is 0 Å². The maximum Gasteiger partial charge on any atom is 0.227 e. The number of rotatable bonds is 4. The van der Waals surface area contributed by atoms with E-state index in [0.717, 1.165) is 45.3 Å². The summed E-state index contributed by atoms with van der Waals surface area (Å²) >= 11 is 0. The average molecular weight is 296 g/mol. The molecular formula is C16H28N2O3. The highest BCUT2D eigenvalue weighted by Crippen LogP contribution is 2.25. The van der Waals surface area contributed by atoms with Gasteiger partial charge in [0.25, 0.3) is 0 Å². The predicted octanol–water partition coefficient (Wildman–Crippen LogP) is 1.11. The molecule has 2 amide bonds. The zero-order valence-electron chi connectivity index (χ0n) is 13.3. The molecule has 2 unspecified atom stereocenters. The highest BCUT2D eigenvalue weighted by atomic mass is 16.3. The summed E-state index contributed by atoms with van der Waals surface area (Å²) in [6.07, 6.45) is 3.59. The third-order valence-corrected chi connectivity index (χ3v) is 4.71. The summed E-state index contributed by atoms with van der Waals surface area (Å²) in [4.78, 5) is 28.5. The van der Waals surface area contributed by atoms with E-state index in [4.69, 9.17) is 5.11 Å². The highest BCUT2D eigenvalue weighted by Gasteiger charge is 2.34. The number of piperidine rings is 1. The molecule has 0 aromatic rings. The Kier molecular flexibility index (Phi) is 5.62. The number of carbonyl (C=O) groups is 2. The number of likely N-dealkylation sites (tertiary alicyclic amines) is 2. The van der Waals surface area contributed by atoms with Crippen LogP contribution in [0.5, 0.6) is 0 Å². The van der Waals surface area contributed by atoms with Crippen LogP contribution in [0, 0.1) is 17.8 Å². The van der Waals surface area contributed by atoms with E-state index < -0.39 is 0 Å². The largest absolute Gasteiger partial charge is 0.396 e. The monoisotopic (exact) mass is 296 g/mol. The Morgan fingerprint density at radius 3 is 2.57 bits per heavy atom. The molecule has 0 saturated carbocycles. The number of hydrogen-bond acceptors (Lipinski definition) is 3. The molecule has 1 N–H and O–H groups in total. The zero-order chi connectivity index (χ0) is 15.4. The van der Waals surface area contributed by atoms with E-state index in [1.54, 1.807) is 0 Å². The lowest BCUT2D eigenvalue weighted by molar-refractivity contribution is -0.141. The van der Waals surface area contributed by atoms with Gasteiger partial charge in [0, 0.05) is 38.7 Å². The van der Waals surface area contributed by atoms with Gasteiger partial charge < -0.3 is 14.9 Å². The Bertz CT molecular complexity index is 384.